The van der Waals surface area contributed by atoms with E-state index in [9.17, 15) is 4.79 Å². The molecule has 1 aliphatic heterocycles. The number of nitrogens with one attached hydrogen (secondary N) is 1. The summed E-state index contributed by atoms with van der Waals surface area (Å²) in [6.45, 7) is 0.575. The van der Waals surface area contributed by atoms with Crippen molar-refractivity contribution in [3.05, 3.63) is 58.4 Å². The Kier molecular flexibility index (Phi) is 6.11. The normalized spacial score (nSPS) is 16.4. The van der Waals surface area contributed by atoms with Crippen LogP contribution in [0.25, 0.3) is 11.4 Å². The molecule has 2 aromatic carbocycles. The molecule has 9 heteroatoms. The summed E-state index contributed by atoms with van der Waals surface area (Å²) in [4.78, 5) is 19.2. The number of piperidine rings is 1. The largest absolute Gasteiger partial charge is 0.497 e. The third-order valence-electron chi connectivity index (χ3n) is 5.01. The lowest BCUT2D eigenvalue weighted by atomic mass is 10.0. The lowest BCUT2D eigenvalue weighted by Crippen LogP contribution is -2.41. The summed E-state index contributed by atoms with van der Waals surface area (Å²) < 4.78 is 10.8. The van der Waals surface area contributed by atoms with Gasteiger partial charge in [-0.25, -0.2) is 4.79 Å². The number of aromatic nitrogens is 2. The minimum absolute atomic E-state index is 0.287. The monoisotopic (exact) mass is 446 g/mol. The van der Waals surface area contributed by atoms with Crippen LogP contribution in [0.2, 0.25) is 10.0 Å². The highest BCUT2D eigenvalue weighted by atomic mass is 35.5. The smallest absolute Gasteiger partial charge is 0.322 e. The van der Waals surface area contributed by atoms with Crippen molar-refractivity contribution in [1.29, 1.82) is 0 Å². The van der Waals surface area contributed by atoms with E-state index in [-0.39, 0.29) is 12.1 Å². The average Bonchev–Trinajstić information content (AvgIpc) is 3.27. The Morgan fingerprint density at radius 1 is 1.23 bits per heavy atom. The van der Waals surface area contributed by atoms with Crippen molar-refractivity contribution in [3.63, 3.8) is 0 Å². The molecule has 7 nitrogen and oxygen atoms in total. The molecular formula is C21H20Cl2N4O3. The standard InChI is InChI=1S/C21H20Cl2N4O3/c1-29-14-7-4-6-13(12-14)19-25-20(30-26-19)17-10-2-3-11-27(17)21(28)24-16-9-5-8-15(22)18(16)23/h4-9,12,17H,2-3,10-11H2,1H3,(H,24,28). The van der Waals surface area contributed by atoms with E-state index in [0.717, 1.165) is 24.8 Å². The molecule has 2 heterocycles. The molecule has 0 spiro atoms. The van der Waals surface area contributed by atoms with Gasteiger partial charge in [-0.05, 0) is 43.5 Å². The Hall–Kier alpha value is -2.77. The van der Waals surface area contributed by atoms with Crippen molar-refractivity contribution in [1.82, 2.24) is 15.0 Å². The molecule has 0 radical (unpaired) electrons. The average molecular weight is 447 g/mol. The van der Waals surface area contributed by atoms with Crippen LogP contribution < -0.4 is 10.1 Å². The van der Waals surface area contributed by atoms with Crippen molar-refractivity contribution in [3.8, 4) is 17.1 Å². The first-order chi connectivity index (χ1) is 14.6. The summed E-state index contributed by atoms with van der Waals surface area (Å²) in [5, 5.41) is 7.62. The van der Waals surface area contributed by atoms with Crippen LogP contribution in [0.5, 0.6) is 5.75 Å². The number of carbonyl (C=O) groups excluding carboxylic acids is 1. The first kappa shape index (κ1) is 20.5. The van der Waals surface area contributed by atoms with Gasteiger partial charge in [-0.15, -0.1) is 0 Å². The number of nitrogens with zero attached hydrogens (tertiary/aromatic N) is 3. The first-order valence-corrected chi connectivity index (χ1v) is 10.3. The molecule has 0 bridgehead atoms. The summed E-state index contributed by atoms with van der Waals surface area (Å²) in [6.07, 6.45) is 2.59. The molecule has 0 saturated carbocycles. The minimum atomic E-state index is -0.316. The van der Waals surface area contributed by atoms with Gasteiger partial charge in [-0.1, -0.05) is 46.6 Å². The van der Waals surface area contributed by atoms with Crippen LogP contribution in [0.15, 0.2) is 47.0 Å². The second-order valence-electron chi connectivity index (χ2n) is 6.92. The molecule has 1 atom stereocenters. The molecule has 156 valence electrons. The van der Waals surface area contributed by atoms with Gasteiger partial charge in [0, 0.05) is 12.1 Å². The third-order valence-corrected chi connectivity index (χ3v) is 5.83. The zero-order valence-electron chi connectivity index (χ0n) is 16.3. The highest BCUT2D eigenvalue weighted by Gasteiger charge is 2.32. The number of amides is 2. The number of ether oxygens (including phenoxy) is 1. The molecule has 2 amide bonds. The van der Waals surface area contributed by atoms with Crippen molar-refractivity contribution in [2.24, 2.45) is 0 Å². The minimum Gasteiger partial charge on any atom is -0.497 e. The lowest BCUT2D eigenvalue weighted by molar-refractivity contribution is 0.142. The van der Waals surface area contributed by atoms with Crippen LogP contribution in [0.1, 0.15) is 31.2 Å². The SMILES string of the molecule is COc1cccc(-c2noc(C3CCCCN3C(=O)Nc3cccc(Cl)c3Cl)n2)c1. The summed E-state index contributed by atoms with van der Waals surface area (Å²) >= 11 is 12.3. The number of rotatable bonds is 4. The lowest BCUT2D eigenvalue weighted by Gasteiger charge is -2.33. The fourth-order valence-corrected chi connectivity index (χ4v) is 3.82. The van der Waals surface area contributed by atoms with Gasteiger partial charge in [0.1, 0.15) is 11.8 Å². The van der Waals surface area contributed by atoms with E-state index in [2.05, 4.69) is 15.5 Å². The Morgan fingerprint density at radius 2 is 2.07 bits per heavy atom. The fourth-order valence-electron chi connectivity index (χ4n) is 3.47. The van der Waals surface area contributed by atoms with Crippen molar-refractivity contribution in [2.75, 3.05) is 19.0 Å². The molecule has 1 fully saturated rings. The number of urea groups is 1. The Balaban J connectivity index is 1.56. The molecule has 1 N–H and O–H groups in total. The van der Waals surface area contributed by atoms with Crippen LogP contribution in [-0.2, 0) is 0 Å². The number of carbonyl (C=O) groups is 1. The highest BCUT2D eigenvalue weighted by molar-refractivity contribution is 6.43. The van der Waals surface area contributed by atoms with E-state index < -0.39 is 0 Å². The van der Waals surface area contributed by atoms with Gasteiger partial charge in [0.25, 0.3) is 0 Å². The summed E-state index contributed by atoms with van der Waals surface area (Å²) in [5.74, 6) is 1.56. The van der Waals surface area contributed by atoms with Crippen LogP contribution in [0, 0.1) is 0 Å². The van der Waals surface area contributed by atoms with E-state index in [0.29, 0.717) is 39.7 Å². The van der Waals surface area contributed by atoms with Gasteiger partial charge in [0.05, 0.1) is 22.8 Å². The van der Waals surface area contributed by atoms with Crippen molar-refractivity contribution in [2.45, 2.75) is 25.3 Å². The molecule has 0 aliphatic carbocycles. The Labute approximate surface area is 183 Å². The Bertz CT molecular complexity index is 1060. The molecule has 1 unspecified atom stereocenters. The molecule has 1 aromatic heterocycles. The van der Waals surface area contributed by atoms with Crippen LogP contribution in [0.3, 0.4) is 0 Å². The van der Waals surface area contributed by atoms with Crippen LogP contribution in [0.4, 0.5) is 10.5 Å². The number of halogens is 2. The van der Waals surface area contributed by atoms with Gasteiger partial charge in [0.15, 0.2) is 0 Å². The second-order valence-corrected chi connectivity index (χ2v) is 7.71. The predicted octanol–water partition coefficient (Wildman–Crippen LogP) is 5.81. The summed E-state index contributed by atoms with van der Waals surface area (Å²) in [5.41, 5.74) is 1.24. The van der Waals surface area contributed by atoms with E-state index in [4.69, 9.17) is 32.5 Å². The fraction of sp³-hybridized carbons (Fsp3) is 0.286. The maximum absolute atomic E-state index is 13.0. The maximum atomic E-state index is 13.0. The van der Waals surface area contributed by atoms with Crippen molar-refractivity contribution >= 4 is 34.9 Å². The van der Waals surface area contributed by atoms with Crippen LogP contribution in [-0.4, -0.2) is 34.7 Å². The highest BCUT2D eigenvalue weighted by Crippen LogP contribution is 2.34. The quantitative estimate of drug-likeness (QED) is 0.546. The van der Waals surface area contributed by atoms with Crippen molar-refractivity contribution < 1.29 is 14.1 Å². The maximum Gasteiger partial charge on any atom is 0.322 e. The van der Waals surface area contributed by atoms with Gasteiger partial charge in [-0.2, -0.15) is 4.98 Å². The number of benzene rings is 2. The van der Waals surface area contributed by atoms with Gasteiger partial charge in [-0.3, -0.25) is 0 Å². The zero-order chi connectivity index (χ0) is 21.1. The molecule has 30 heavy (non-hydrogen) atoms. The molecule has 1 saturated heterocycles. The first-order valence-electron chi connectivity index (χ1n) is 9.56. The topological polar surface area (TPSA) is 80.5 Å². The molecule has 3 aromatic rings. The number of hydrogen-bond acceptors (Lipinski definition) is 5. The zero-order valence-corrected chi connectivity index (χ0v) is 17.8. The van der Waals surface area contributed by atoms with Gasteiger partial charge in [0.2, 0.25) is 11.7 Å². The number of methoxy groups -OCH3 is 1. The number of hydrogen-bond donors (Lipinski definition) is 1. The number of likely N-dealkylation sites (tertiary alicyclic amines) is 1. The van der Waals surface area contributed by atoms with E-state index in [1.807, 2.05) is 24.3 Å². The Morgan fingerprint density at radius 3 is 2.90 bits per heavy atom. The van der Waals surface area contributed by atoms with E-state index >= 15 is 0 Å². The summed E-state index contributed by atoms with van der Waals surface area (Å²) in [7, 11) is 1.60. The molecular weight excluding hydrogens is 427 g/mol. The van der Waals surface area contributed by atoms with E-state index in [1.165, 1.54) is 0 Å². The predicted molar refractivity (Wildman–Crippen MR) is 115 cm³/mol. The van der Waals surface area contributed by atoms with Crippen LogP contribution >= 0.6 is 23.2 Å². The van der Waals surface area contributed by atoms with E-state index in [1.54, 1.807) is 30.2 Å². The van der Waals surface area contributed by atoms with Gasteiger partial charge < -0.3 is 19.5 Å². The summed E-state index contributed by atoms with van der Waals surface area (Å²) in [6, 6.07) is 11.9. The second kappa shape index (κ2) is 8.93. The van der Waals surface area contributed by atoms with Gasteiger partial charge >= 0.3 is 6.03 Å². The number of anilines is 1. The molecule has 1 aliphatic rings. The molecule has 4 rings (SSSR count). The third kappa shape index (κ3) is 4.22.